The van der Waals surface area contributed by atoms with Crippen LogP contribution in [0.2, 0.25) is 5.02 Å². The number of rotatable bonds is 6. The van der Waals surface area contributed by atoms with Crippen molar-refractivity contribution in [2.75, 3.05) is 5.32 Å². The lowest BCUT2D eigenvalue weighted by molar-refractivity contribution is -0.128. The summed E-state index contributed by atoms with van der Waals surface area (Å²) >= 11 is 5.81. The first kappa shape index (κ1) is 21.9. The summed E-state index contributed by atoms with van der Waals surface area (Å²) in [6.45, 7) is 1.56. The molecule has 0 saturated heterocycles. The molecule has 0 aliphatic heterocycles. The van der Waals surface area contributed by atoms with Crippen LogP contribution >= 0.6 is 11.6 Å². The molecule has 3 amide bonds. The second kappa shape index (κ2) is 10.3. The number of nitrogens with one attached hydrogen (secondary N) is 3. The van der Waals surface area contributed by atoms with Crippen LogP contribution in [0.3, 0.4) is 0 Å². The number of hydrazine groups is 1. The summed E-state index contributed by atoms with van der Waals surface area (Å²) in [7, 11) is 0. The van der Waals surface area contributed by atoms with Crippen molar-refractivity contribution in [2.45, 2.75) is 13.0 Å². The highest BCUT2D eigenvalue weighted by Gasteiger charge is 2.16. The lowest BCUT2D eigenvalue weighted by Gasteiger charge is -2.15. The zero-order chi connectivity index (χ0) is 22.2. The van der Waals surface area contributed by atoms with Gasteiger partial charge in [0.05, 0.1) is 0 Å². The number of ether oxygens (including phenoxy) is 1. The van der Waals surface area contributed by atoms with Crippen LogP contribution in [-0.2, 0) is 4.79 Å². The first-order valence-corrected chi connectivity index (χ1v) is 9.79. The van der Waals surface area contributed by atoms with Crippen molar-refractivity contribution in [3.05, 3.63) is 95.0 Å². The highest BCUT2D eigenvalue weighted by atomic mass is 35.5. The molecule has 3 rings (SSSR count). The Balaban J connectivity index is 1.49. The van der Waals surface area contributed by atoms with E-state index in [0.29, 0.717) is 27.6 Å². The van der Waals surface area contributed by atoms with Crippen molar-refractivity contribution < 1.29 is 19.1 Å². The molecule has 0 aliphatic rings. The van der Waals surface area contributed by atoms with E-state index in [0.717, 1.165) is 0 Å². The van der Waals surface area contributed by atoms with Crippen molar-refractivity contribution in [3.8, 4) is 5.75 Å². The molecule has 0 radical (unpaired) electrons. The van der Waals surface area contributed by atoms with E-state index < -0.39 is 17.9 Å². The molecule has 7 nitrogen and oxygen atoms in total. The van der Waals surface area contributed by atoms with Crippen LogP contribution in [-0.4, -0.2) is 23.8 Å². The Labute approximate surface area is 184 Å². The van der Waals surface area contributed by atoms with Gasteiger partial charge in [-0.15, -0.1) is 0 Å². The van der Waals surface area contributed by atoms with E-state index in [1.54, 1.807) is 67.6 Å². The first-order valence-electron chi connectivity index (χ1n) is 9.41. The third-order valence-electron chi connectivity index (χ3n) is 4.24. The minimum Gasteiger partial charge on any atom is -0.481 e. The summed E-state index contributed by atoms with van der Waals surface area (Å²) in [6.07, 6.45) is -0.836. The predicted molar refractivity (Wildman–Crippen MR) is 118 cm³/mol. The summed E-state index contributed by atoms with van der Waals surface area (Å²) in [4.78, 5) is 36.6. The molecule has 0 fully saturated rings. The molecule has 8 heteroatoms. The summed E-state index contributed by atoms with van der Waals surface area (Å²) in [5.41, 5.74) is 6.04. The monoisotopic (exact) mass is 437 g/mol. The molecule has 0 heterocycles. The van der Waals surface area contributed by atoms with Gasteiger partial charge in [-0.05, 0) is 67.6 Å². The van der Waals surface area contributed by atoms with E-state index in [9.17, 15) is 14.4 Å². The standard InChI is InChI=1S/C23H20ClN3O4/c1-15(31-20-13-9-18(24)10-14-20)21(28)26-27-23(30)17-7-11-19(12-8-17)25-22(29)16-5-3-2-4-6-16/h2-15H,1H3,(H,25,29)(H,26,28)(H,27,30). The molecule has 0 bridgehead atoms. The maximum atomic E-state index is 12.3. The summed E-state index contributed by atoms with van der Waals surface area (Å²) in [6, 6.07) is 21.6. The fourth-order valence-electron chi connectivity index (χ4n) is 2.56. The third kappa shape index (κ3) is 6.32. The van der Waals surface area contributed by atoms with Gasteiger partial charge in [0.1, 0.15) is 5.75 Å². The van der Waals surface area contributed by atoms with Gasteiger partial charge < -0.3 is 10.1 Å². The molecule has 31 heavy (non-hydrogen) atoms. The van der Waals surface area contributed by atoms with Crippen molar-refractivity contribution in [1.29, 1.82) is 0 Å². The van der Waals surface area contributed by atoms with Crippen LogP contribution in [0.1, 0.15) is 27.6 Å². The smallest absolute Gasteiger partial charge is 0.279 e. The van der Waals surface area contributed by atoms with Gasteiger partial charge in [-0.1, -0.05) is 29.8 Å². The minimum atomic E-state index is -0.836. The topological polar surface area (TPSA) is 96.5 Å². The molecular weight excluding hydrogens is 418 g/mol. The highest BCUT2D eigenvalue weighted by molar-refractivity contribution is 6.30. The zero-order valence-electron chi connectivity index (χ0n) is 16.6. The zero-order valence-corrected chi connectivity index (χ0v) is 17.3. The molecule has 3 aromatic carbocycles. The second-order valence-electron chi connectivity index (χ2n) is 6.55. The van der Waals surface area contributed by atoms with Gasteiger partial charge in [0.2, 0.25) is 0 Å². The molecule has 0 aromatic heterocycles. The van der Waals surface area contributed by atoms with Gasteiger partial charge in [0.15, 0.2) is 6.10 Å². The maximum Gasteiger partial charge on any atom is 0.279 e. The largest absolute Gasteiger partial charge is 0.481 e. The van der Waals surface area contributed by atoms with Crippen LogP contribution < -0.4 is 20.9 Å². The quantitative estimate of drug-likeness (QED) is 0.511. The van der Waals surface area contributed by atoms with Crippen molar-refractivity contribution in [3.63, 3.8) is 0 Å². The number of hydrogen-bond acceptors (Lipinski definition) is 4. The van der Waals surface area contributed by atoms with E-state index in [2.05, 4.69) is 16.2 Å². The Morgan fingerprint density at radius 2 is 1.39 bits per heavy atom. The lowest BCUT2D eigenvalue weighted by atomic mass is 10.1. The van der Waals surface area contributed by atoms with Crippen LogP contribution in [0.4, 0.5) is 5.69 Å². The van der Waals surface area contributed by atoms with Gasteiger partial charge in [-0.2, -0.15) is 0 Å². The van der Waals surface area contributed by atoms with Crippen LogP contribution in [0.5, 0.6) is 5.75 Å². The van der Waals surface area contributed by atoms with Crippen molar-refractivity contribution >= 4 is 35.0 Å². The molecule has 1 unspecified atom stereocenters. The first-order chi connectivity index (χ1) is 14.9. The number of anilines is 1. The lowest BCUT2D eigenvalue weighted by Crippen LogP contribution is -2.47. The number of benzene rings is 3. The Bertz CT molecular complexity index is 1050. The third-order valence-corrected chi connectivity index (χ3v) is 4.49. The van der Waals surface area contributed by atoms with E-state index >= 15 is 0 Å². The predicted octanol–water partition coefficient (Wildman–Crippen LogP) is 3.82. The molecule has 0 saturated carbocycles. The normalized spacial score (nSPS) is 11.2. The fourth-order valence-corrected chi connectivity index (χ4v) is 2.69. The van der Waals surface area contributed by atoms with Gasteiger partial charge in [-0.3, -0.25) is 25.2 Å². The minimum absolute atomic E-state index is 0.250. The molecule has 3 aromatic rings. The maximum absolute atomic E-state index is 12.3. The van der Waals surface area contributed by atoms with Crippen LogP contribution in [0, 0.1) is 0 Å². The second-order valence-corrected chi connectivity index (χ2v) is 6.99. The fraction of sp³-hybridized carbons (Fsp3) is 0.0870. The number of halogens is 1. The molecule has 3 N–H and O–H groups in total. The Morgan fingerprint density at radius 3 is 2.03 bits per heavy atom. The Hall–Kier alpha value is -3.84. The molecular formula is C23H20ClN3O4. The number of carbonyl (C=O) groups is 3. The van der Waals surface area contributed by atoms with Gasteiger partial charge in [-0.25, -0.2) is 0 Å². The number of amides is 3. The van der Waals surface area contributed by atoms with E-state index in [-0.39, 0.29) is 5.91 Å². The van der Waals surface area contributed by atoms with E-state index in [1.807, 2.05) is 6.07 Å². The van der Waals surface area contributed by atoms with Crippen molar-refractivity contribution in [2.24, 2.45) is 0 Å². The molecule has 158 valence electrons. The number of hydrogen-bond donors (Lipinski definition) is 3. The van der Waals surface area contributed by atoms with Crippen molar-refractivity contribution in [1.82, 2.24) is 10.9 Å². The van der Waals surface area contributed by atoms with Gasteiger partial charge >= 0.3 is 0 Å². The van der Waals surface area contributed by atoms with Gasteiger partial charge in [0.25, 0.3) is 17.7 Å². The summed E-state index contributed by atoms with van der Waals surface area (Å²) in [5, 5.41) is 3.31. The number of carbonyl (C=O) groups excluding carboxylic acids is 3. The van der Waals surface area contributed by atoms with Crippen LogP contribution in [0.25, 0.3) is 0 Å². The molecule has 0 spiro atoms. The van der Waals surface area contributed by atoms with Gasteiger partial charge in [0, 0.05) is 21.8 Å². The average Bonchev–Trinajstić information content (AvgIpc) is 2.79. The Morgan fingerprint density at radius 1 is 0.774 bits per heavy atom. The summed E-state index contributed by atoms with van der Waals surface area (Å²) in [5.74, 6) is -0.797. The summed E-state index contributed by atoms with van der Waals surface area (Å²) < 4.78 is 5.50. The van der Waals surface area contributed by atoms with E-state index in [4.69, 9.17) is 16.3 Å². The average molecular weight is 438 g/mol. The molecule has 0 aliphatic carbocycles. The highest BCUT2D eigenvalue weighted by Crippen LogP contribution is 2.17. The SMILES string of the molecule is CC(Oc1ccc(Cl)cc1)C(=O)NNC(=O)c1ccc(NC(=O)c2ccccc2)cc1. The Kier molecular flexibility index (Phi) is 7.24. The van der Waals surface area contributed by atoms with Crippen LogP contribution in [0.15, 0.2) is 78.9 Å². The molecule has 1 atom stereocenters. The van der Waals surface area contributed by atoms with E-state index in [1.165, 1.54) is 12.1 Å².